The summed E-state index contributed by atoms with van der Waals surface area (Å²) in [6.07, 6.45) is 9.83. The third-order valence-electron chi connectivity index (χ3n) is 2.89. The number of allylic oxidation sites excluding steroid dienone is 2. The number of nitrogens with one attached hydrogen (secondary N) is 1. The Labute approximate surface area is 116 Å². The van der Waals surface area contributed by atoms with Gasteiger partial charge < -0.3 is 5.32 Å². The van der Waals surface area contributed by atoms with E-state index in [0.29, 0.717) is 6.42 Å². The maximum absolute atomic E-state index is 11.6. The van der Waals surface area contributed by atoms with Crippen LogP contribution in [0.5, 0.6) is 0 Å². The van der Waals surface area contributed by atoms with Crippen LogP contribution in [0.1, 0.15) is 44.6 Å². The monoisotopic (exact) mass is 258 g/mol. The van der Waals surface area contributed by atoms with Crippen LogP contribution in [0.25, 0.3) is 0 Å². The second-order valence-corrected chi connectivity index (χ2v) is 4.67. The molecular weight excluding hydrogens is 234 g/mol. The van der Waals surface area contributed by atoms with Gasteiger partial charge >= 0.3 is 0 Å². The number of benzene rings is 1. The third kappa shape index (κ3) is 6.80. The molecule has 0 aliphatic carbocycles. The molecular formula is C17H24NO. The molecule has 0 fully saturated rings. The smallest absolute Gasteiger partial charge is 0.224 e. The van der Waals surface area contributed by atoms with Crippen LogP contribution in [0.2, 0.25) is 0 Å². The van der Waals surface area contributed by atoms with E-state index in [-0.39, 0.29) is 5.91 Å². The average Bonchev–Trinajstić information content (AvgIpc) is 2.43. The van der Waals surface area contributed by atoms with Crippen LogP contribution in [0, 0.1) is 6.92 Å². The summed E-state index contributed by atoms with van der Waals surface area (Å²) in [4.78, 5) is 11.6. The number of rotatable bonds is 8. The molecule has 19 heavy (non-hydrogen) atoms. The van der Waals surface area contributed by atoms with Crippen LogP contribution >= 0.6 is 0 Å². The minimum Gasteiger partial charge on any atom is -0.326 e. The lowest BCUT2D eigenvalue weighted by atomic mass is 10.1. The number of carbonyl (C=O) groups excluding carboxylic acids is 1. The highest BCUT2D eigenvalue weighted by molar-refractivity contribution is 5.90. The fourth-order valence-corrected chi connectivity index (χ4v) is 1.74. The minimum absolute atomic E-state index is 0.102. The lowest BCUT2D eigenvalue weighted by Crippen LogP contribution is -2.10. The lowest BCUT2D eigenvalue weighted by molar-refractivity contribution is -0.116. The summed E-state index contributed by atoms with van der Waals surface area (Å²) in [6, 6.07) is 8.05. The van der Waals surface area contributed by atoms with Gasteiger partial charge in [-0.3, -0.25) is 4.79 Å². The molecule has 1 N–H and O–H groups in total. The summed E-state index contributed by atoms with van der Waals surface area (Å²) in [5.41, 5.74) is 2.14. The largest absolute Gasteiger partial charge is 0.326 e. The molecule has 0 aromatic heterocycles. The molecule has 0 bridgehead atoms. The van der Waals surface area contributed by atoms with Crippen LogP contribution < -0.4 is 5.32 Å². The van der Waals surface area contributed by atoms with E-state index >= 15 is 0 Å². The van der Waals surface area contributed by atoms with Gasteiger partial charge in [-0.1, -0.05) is 44.6 Å². The molecule has 1 radical (unpaired) electrons. The fourth-order valence-electron chi connectivity index (χ4n) is 1.74. The standard InChI is InChI=1S/C17H24NO/c1-3-5-7-8-9-15-11-13-16(14-12-15)18-17(19)10-6-4-2/h7-8,11-14H,1,3-6,9-10H2,2H3,(H,18,19). The van der Waals surface area contributed by atoms with Crippen molar-refractivity contribution in [1.82, 2.24) is 0 Å². The molecule has 1 aromatic rings. The van der Waals surface area contributed by atoms with Gasteiger partial charge in [-0.05, 0) is 43.4 Å². The maximum atomic E-state index is 11.6. The molecule has 0 heterocycles. The molecule has 0 spiro atoms. The van der Waals surface area contributed by atoms with Crippen molar-refractivity contribution in [3.05, 3.63) is 48.9 Å². The van der Waals surface area contributed by atoms with Crippen LogP contribution in [-0.2, 0) is 11.2 Å². The number of carbonyl (C=O) groups is 1. The number of anilines is 1. The zero-order valence-corrected chi connectivity index (χ0v) is 11.8. The highest BCUT2D eigenvalue weighted by atomic mass is 16.1. The first-order chi connectivity index (χ1) is 9.26. The summed E-state index contributed by atoms with van der Waals surface area (Å²) < 4.78 is 0. The molecule has 0 atom stereocenters. The molecule has 1 aromatic carbocycles. The van der Waals surface area contributed by atoms with Gasteiger partial charge in [0.05, 0.1) is 0 Å². The van der Waals surface area contributed by atoms with Crippen molar-refractivity contribution in [2.24, 2.45) is 0 Å². The number of hydrogen-bond acceptors (Lipinski definition) is 1. The molecule has 0 saturated carbocycles. The van der Waals surface area contributed by atoms with Gasteiger partial charge in [0, 0.05) is 12.1 Å². The van der Waals surface area contributed by atoms with Gasteiger partial charge in [0.2, 0.25) is 5.91 Å². The predicted molar refractivity (Wildman–Crippen MR) is 82.0 cm³/mol. The zero-order valence-electron chi connectivity index (χ0n) is 11.8. The fraction of sp³-hybridized carbons (Fsp3) is 0.412. The minimum atomic E-state index is 0.102. The second kappa shape index (κ2) is 9.37. The molecule has 2 nitrogen and oxygen atoms in total. The summed E-state index contributed by atoms with van der Waals surface area (Å²) >= 11 is 0. The number of amides is 1. The topological polar surface area (TPSA) is 29.1 Å². The zero-order chi connectivity index (χ0) is 13.9. The van der Waals surface area contributed by atoms with Crippen molar-refractivity contribution < 1.29 is 4.79 Å². The van der Waals surface area contributed by atoms with Gasteiger partial charge in [-0.2, -0.15) is 0 Å². The predicted octanol–water partition coefficient (Wildman–Crippen LogP) is 4.53. The summed E-state index contributed by atoms with van der Waals surface area (Å²) in [6.45, 7) is 5.89. The number of unbranched alkanes of at least 4 members (excludes halogenated alkanes) is 2. The van der Waals surface area contributed by atoms with Crippen molar-refractivity contribution >= 4 is 11.6 Å². The van der Waals surface area contributed by atoms with Crippen molar-refractivity contribution in [3.63, 3.8) is 0 Å². The average molecular weight is 258 g/mol. The van der Waals surface area contributed by atoms with Gasteiger partial charge in [0.15, 0.2) is 0 Å². The van der Waals surface area contributed by atoms with Crippen molar-refractivity contribution in [2.45, 2.75) is 45.4 Å². The SMILES string of the molecule is [CH2]CCC=CCc1ccc(NC(=O)CCCC)cc1. The molecule has 103 valence electrons. The van der Waals surface area contributed by atoms with E-state index in [2.05, 4.69) is 43.4 Å². The lowest BCUT2D eigenvalue weighted by Gasteiger charge is -2.05. The Kier molecular flexibility index (Phi) is 7.64. The number of hydrogen-bond donors (Lipinski definition) is 1. The Morgan fingerprint density at radius 1 is 1.26 bits per heavy atom. The Balaban J connectivity index is 2.40. The van der Waals surface area contributed by atoms with Gasteiger partial charge in [-0.25, -0.2) is 0 Å². The van der Waals surface area contributed by atoms with E-state index in [1.54, 1.807) is 0 Å². The third-order valence-corrected chi connectivity index (χ3v) is 2.89. The normalized spacial score (nSPS) is 10.8. The van der Waals surface area contributed by atoms with E-state index in [1.165, 1.54) is 5.56 Å². The Hall–Kier alpha value is -1.57. The first kappa shape index (κ1) is 15.5. The molecule has 1 amide bonds. The maximum Gasteiger partial charge on any atom is 0.224 e. The molecule has 0 aliphatic rings. The molecule has 2 heteroatoms. The van der Waals surface area contributed by atoms with Crippen LogP contribution in [0.3, 0.4) is 0 Å². The van der Waals surface area contributed by atoms with Crippen molar-refractivity contribution in [2.75, 3.05) is 5.32 Å². The van der Waals surface area contributed by atoms with Crippen LogP contribution in [0.4, 0.5) is 5.69 Å². The summed E-state index contributed by atoms with van der Waals surface area (Å²) in [5.74, 6) is 0.102. The highest BCUT2D eigenvalue weighted by Crippen LogP contribution is 2.11. The van der Waals surface area contributed by atoms with Crippen molar-refractivity contribution in [1.29, 1.82) is 0 Å². The van der Waals surface area contributed by atoms with Crippen molar-refractivity contribution in [3.8, 4) is 0 Å². The quantitative estimate of drug-likeness (QED) is 0.682. The van der Waals surface area contributed by atoms with Gasteiger partial charge in [-0.15, -0.1) is 0 Å². The Morgan fingerprint density at radius 2 is 2.00 bits per heavy atom. The van der Waals surface area contributed by atoms with Crippen LogP contribution in [0.15, 0.2) is 36.4 Å². The molecule has 0 saturated heterocycles. The summed E-state index contributed by atoms with van der Waals surface area (Å²) in [5, 5.41) is 2.92. The Morgan fingerprint density at radius 3 is 2.63 bits per heavy atom. The van der Waals surface area contributed by atoms with Crippen LogP contribution in [-0.4, -0.2) is 5.91 Å². The van der Waals surface area contributed by atoms with E-state index < -0.39 is 0 Å². The summed E-state index contributed by atoms with van der Waals surface area (Å²) in [7, 11) is 0. The first-order valence-electron chi connectivity index (χ1n) is 7.09. The van der Waals surface area contributed by atoms with Gasteiger partial charge in [0.1, 0.15) is 0 Å². The van der Waals surface area contributed by atoms with E-state index in [1.807, 2.05) is 12.1 Å². The molecule has 1 rings (SSSR count). The highest BCUT2D eigenvalue weighted by Gasteiger charge is 2.01. The molecule has 0 aliphatic heterocycles. The molecule has 0 unspecified atom stereocenters. The first-order valence-corrected chi connectivity index (χ1v) is 7.09. The Bertz CT molecular complexity index is 392. The van der Waals surface area contributed by atoms with Gasteiger partial charge in [0.25, 0.3) is 0 Å². The van der Waals surface area contributed by atoms with E-state index in [4.69, 9.17) is 0 Å². The second-order valence-electron chi connectivity index (χ2n) is 4.67. The van der Waals surface area contributed by atoms with E-state index in [0.717, 1.165) is 37.8 Å². The van der Waals surface area contributed by atoms with E-state index in [9.17, 15) is 4.79 Å².